The summed E-state index contributed by atoms with van der Waals surface area (Å²) in [6, 6.07) is 3.90. The van der Waals surface area contributed by atoms with E-state index in [1.165, 1.54) is 17.7 Å². The van der Waals surface area contributed by atoms with E-state index in [-0.39, 0.29) is 11.8 Å². The summed E-state index contributed by atoms with van der Waals surface area (Å²) in [5.41, 5.74) is 3.66. The molecular weight excluding hydrogens is 340 g/mol. The number of aromatic nitrogens is 2. The minimum atomic E-state index is 0.0522. The molecule has 1 N–H and O–H groups in total. The fourth-order valence-electron chi connectivity index (χ4n) is 4.27. The topological polar surface area (TPSA) is 71.3 Å². The van der Waals surface area contributed by atoms with Gasteiger partial charge in [-0.15, -0.1) is 0 Å². The van der Waals surface area contributed by atoms with Crippen LogP contribution in [0.15, 0.2) is 22.8 Å². The molecule has 6 nitrogen and oxygen atoms in total. The molecule has 144 valence electrons. The number of nitrogens with one attached hydrogen (secondary N) is 1. The summed E-state index contributed by atoms with van der Waals surface area (Å²) in [6.07, 6.45) is 7.75. The summed E-state index contributed by atoms with van der Waals surface area (Å²) in [7, 11) is 0. The molecule has 1 saturated heterocycles. The van der Waals surface area contributed by atoms with Gasteiger partial charge in [-0.25, -0.2) is 9.97 Å². The summed E-state index contributed by atoms with van der Waals surface area (Å²) in [4.78, 5) is 24.2. The van der Waals surface area contributed by atoms with Crippen LogP contribution < -0.4 is 5.32 Å². The molecule has 4 rings (SSSR count). The van der Waals surface area contributed by atoms with E-state index in [0.717, 1.165) is 62.6 Å². The van der Waals surface area contributed by atoms with Gasteiger partial charge in [0.2, 0.25) is 5.91 Å². The van der Waals surface area contributed by atoms with Crippen LogP contribution in [0.4, 0.5) is 0 Å². The number of carbonyl (C=O) groups is 1. The van der Waals surface area contributed by atoms with Gasteiger partial charge in [0.05, 0.1) is 18.7 Å². The summed E-state index contributed by atoms with van der Waals surface area (Å²) >= 11 is 0. The quantitative estimate of drug-likeness (QED) is 0.848. The van der Waals surface area contributed by atoms with Gasteiger partial charge in [0.15, 0.2) is 0 Å². The number of carbonyl (C=O) groups excluding carboxylic acids is 1. The summed E-state index contributed by atoms with van der Waals surface area (Å²) in [5, 5.41) is 3.10. The molecule has 0 aromatic carbocycles. The molecule has 1 amide bonds. The third-order valence-corrected chi connectivity index (χ3v) is 5.67. The fourth-order valence-corrected chi connectivity index (χ4v) is 4.27. The van der Waals surface area contributed by atoms with Crippen LogP contribution in [0.3, 0.4) is 0 Å². The van der Waals surface area contributed by atoms with Crippen LogP contribution in [0, 0.1) is 12.8 Å². The van der Waals surface area contributed by atoms with Crippen LogP contribution in [0.1, 0.15) is 47.8 Å². The Hall–Kier alpha value is -2.21. The van der Waals surface area contributed by atoms with Crippen molar-refractivity contribution in [2.45, 2.75) is 52.0 Å². The number of fused-ring (bicyclic) bond motifs is 1. The van der Waals surface area contributed by atoms with Crippen molar-refractivity contribution in [3.8, 4) is 0 Å². The Bertz CT molecular complexity index is 788. The van der Waals surface area contributed by atoms with Crippen LogP contribution in [-0.2, 0) is 30.6 Å². The lowest BCUT2D eigenvalue weighted by Crippen LogP contribution is -2.43. The zero-order chi connectivity index (χ0) is 18.6. The molecule has 0 spiro atoms. The highest BCUT2D eigenvalue weighted by atomic mass is 16.3. The van der Waals surface area contributed by atoms with Crippen LogP contribution in [0.2, 0.25) is 0 Å². The van der Waals surface area contributed by atoms with Crippen molar-refractivity contribution in [2.75, 3.05) is 19.6 Å². The average molecular weight is 368 g/mol. The molecule has 0 saturated carbocycles. The Labute approximate surface area is 160 Å². The minimum absolute atomic E-state index is 0.0522. The van der Waals surface area contributed by atoms with Gasteiger partial charge in [-0.1, -0.05) is 0 Å². The second-order valence-electron chi connectivity index (χ2n) is 7.70. The Morgan fingerprint density at radius 1 is 1.33 bits per heavy atom. The molecule has 2 aromatic heterocycles. The lowest BCUT2D eigenvalue weighted by Gasteiger charge is -2.31. The number of amides is 1. The Balaban J connectivity index is 1.26. The van der Waals surface area contributed by atoms with E-state index in [4.69, 9.17) is 9.40 Å². The van der Waals surface area contributed by atoms with Crippen molar-refractivity contribution >= 4 is 5.91 Å². The van der Waals surface area contributed by atoms with Crippen molar-refractivity contribution < 1.29 is 9.21 Å². The van der Waals surface area contributed by atoms with Gasteiger partial charge in [0.1, 0.15) is 11.6 Å². The molecule has 1 fully saturated rings. The average Bonchev–Trinajstić information content (AvgIpc) is 3.34. The highest BCUT2D eigenvalue weighted by Gasteiger charge is 2.26. The molecule has 0 unspecified atom stereocenters. The SMILES string of the molecule is Cc1nc(CCNC(=O)[C@H]2CCCN(Cc3ccco3)C2)nc2c1CCC2. The zero-order valence-corrected chi connectivity index (χ0v) is 16.0. The predicted molar refractivity (Wildman–Crippen MR) is 102 cm³/mol. The van der Waals surface area contributed by atoms with Crippen molar-refractivity contribution in [3.05, 3.63) is 46.9 Å². The van der Waals surface area contributed by atoms with E-state index in [9.17, 15) is 4.79 Å². The Kier molecular flexibility index (Phi) is 5.53. The van der Waals surface area contributed by atoms with Crippen molar-refractivity contribution in [1.82, 2.24) is 20.2 Å². The molecule has 2 aromatic rings. The summed E-state index contributed by atoms with van der Waals surface area (Å²) in [5.74, 6) is 2.02. The lowest BCUT2D eigenvalue weighted by atomic mass is 9.97. The number of rotatable bonds is 6. The smallest absolute Gasteiger partial charge is 0.224 e. The number of hydrogen-bond acceptors (Lipinski definition) is 5. The summed E-state index contributed by atoms with van der Waals surface area (Å²) < 4.78 is 5.43. The predicted octanol–water partition coefficient (Wildman–Crippen LogP) is 2.44. The maximum absolute atomic E-state index is 12.6. The first kappa shape index (κ1) is 18.2. The number of nitrogens with zero attached hydrogens (tertiary/aromatic N) is 3. The molecule has 6 heteroatoms. The second kappa shape index (κ2) is 8.21. The molecule has 0 bridgehead atoms. The monoisotopic (exact) mass is 368 g/mol. The molecule has 3 heterocycles. The number of hydrogen-bond donors (Lipinski definition) is 1. The van der Waals surface area contributed by atoms with Crippen LogP contribution in [0.5, 0.6) is 0 Å². The third-order valence-electron chi connectivity index (χ3n) is 5.67. The molecule has 2 aliphatic rings. The largest absolute Gasteiger partial charge is 0.468 e. The van der Waals surface area contributed by atoms with Crippen LogP contribution >= 0.6 is 0 Å². The lowest BCUT2D eigenvalue weighted by molar-refractivity contribution is -0.126. The van der Waals surface area contributed by atoms with Gasteiger partial charge in [0.25, 0.3) is 0 Å². The fraction of sp³-hybridized carbons (Fsp3) is 0.571. The number of aryl methyl sites for hydroxylation is 2. The van der Waals surface area contributed by atoms with Crippen molar-refractivity contribution in [2.24, 2.45) is 5.92 Å². The minimum Gasteiger partial charge on any atom is -0.468 e. The standard InChI is InChI=1S/C21H28N4O2/c1-15-18-7-2-8-19(18)24-20(23-15)9-10-22-21(26)16-5-3-11-25(13-16)14-17-6-4-12-27-17/h4,6,12,16H,2-3,5,7-11,13-14H2,1H3,(H,22,26)/t16-/m0/s1. The van der Waals surface area contributed by atoms with Crippen molar-refractivity contribution in [3.63, 3.8) is 0 Å². The van der Waals surface area contributed by atoms with E-state index < -0.39 is 0 Å². The molecule has 1 atom stereocenters. The maximum atomic E-state index is 12.6. The van der Waals surface area contributed by atoms with Crippen molar-refractivity contribution in [1.29, 1.82) is 0 Å². The summed E-state index contributed by atoms with van der Waals surface area (Å²) in [6.45, 7) is 5.27. The second-order valence-corrected chi connectivity index (χ2v) is 7.70. The van der Waals surface area contributed by atoms with Crippen LogP contribution in [0.25, 0.3) is 0 Å². The highest BCUT2D eigenvalue weighted by Crippen LogP contribution is 2.22. The molecule has 0 radical (unpaired) electrons. The number of likely N-dealkylation sites (tertiary alicyclic amines) is 1. The van der Waals surface area contributed by atoms with Gasteiger partial charge in [-0.3, -0.25) is 9.69 Å². The Morgan fingerprint density at radius 3 is 3.11 bits per heavy atom. The molecule has 1 aliphatic heterocycles. The van der Waals surface area contributed by atoms with Gasteiger partial charge in [-0.05, 0) is 63.3 Å². The highest BCUT2D eigenvalue weighted by molar-refractivity contribution is 5.78. The Morgan fingerprint density at radius 2 is 2.26 bits per heavy atom. The van der Waals surface area contributed by atoms with Gasteiger partial charge >= 0.3 is 0 Å². The number of piperidine rings is 1. The van der Waals surface area contributed by atoms with E-state index in [1.54, 1.807) is 6.26 Å². The third kappa shape index (κ3) is 4.38. The molecular formula is C21H28N4O2. The van der Waals surface area contributed by atoms with E-state index in [1.807, 2.05) is 12.1 Å². The molecule has 1 aliphatic carbocycles. The first-order valence-corrected chi connectivity index (χ1v) is 10.1. The van der Waals surface area contributed by atoms with Gasteiger partial charge in [0, 0.05) is 30.9 Å². The van der Waals surface area contributed by atoms with E-state index >= 15 is 0 Å². The van der Waals surface area contributed by atoms with E-state index in [0.29, 0.717) is 13.0 Å². The van der Waals surface area contributed by atoms with Gasteiger partial charge < -0.3 is 9.73 Å². The molecule has 27 heavy (non-hydrogen) atoms. The first-order chi connectivity index (χ1) is 13.2. The first-order valence-electron chi connectivity index (χ1n) is 10.1. The maximum Gasteiger partial charge on any atom is 0.224 e. The van der Waals surface area contributed by atoms with Crippen LogP contribution in [-0.4, -0.2) is 40.4 Å². The number of furan rings is 1. The zero-order valence-electron chi connectivity index (χ0n) is 16.0. The van der Waals surface area contributed by atoms with Gasteiger partial charge in [-0.2, -0.15) is 0 Å². The van der Waals surface area contributed by atoms with E-state index in [2.05, 4.69) is 22.1 Å². The normalized spacial score (nSPS) is 19.8.